The van der Waals surface area contributed by atoms with Gasteiger partial charge in [-0.1, -0.05) is 17.3 Å². The molecule has 7 heteroatoms. The molecule has 106 valence electrons. The van der Waals surface area contributed by atoms with Crippen molar-refractivity contribution in [1.29, 1.82) is 0 Å². The van der Waals surface area contributed by atoms with E-state index in [1.165, 1.54) is 6.07 Å². The van der Waals surface area contributed by atoms with Crippen LogP contribution in [-0.2, 0) is 9.84 Å². The van der Waals surface area contributed by atoms with Gasteiger partial charge in [-0.15, -0.1) is 0 Å². The van der Waals surface area contributed by atoms with Gasteiger partial charge in [0.05, 0.1) is 17.1 Å². The Morgan fingerprint density at radius 3 is 2.60 bits per heavy atom. The lowest BCUT2D eigenvalue weighted by Crippen LogP contribution is -2.22. The predicted octanol–water partition coefficient (Wildman–Crippen LogP) is 2.17. The first-order chi connectivity index (χ1) is 9.55. The molecule has 0 spiro atoms. The van der Waals surface area contributed by atoms with Gasteiger partial charge >= 0.3 is 0 Å². The Hall–Kier alpha value is -1.76. The molecule has 20 heavy (non-hydrogen) atoms. The molecule has 2 heterocycles. The molecule has 1 aliphatic rings. The molecule has 1 saturated heterocycles. The maximum atomic E-state index is 13.6. The maximum Gasteiger partial charge on any atom is 0.230 e. The molecule has 1 fully saturated rings. The molecule has 0 amide bonds. The lowest BCUT2D eigenvalue weighted by atomic mass is 10.0. The zero-order valence-corrected chi connectivity index (χ0v) is 11.4. The number of aromatic nitrogens is 2. The van der Waals surface area contributed by atoms with Crippen LogP contribution >= 0.6 is 0 Å². The highest BCUT2D eigenvalue weighted by atomic mass is 32.2. The molecule has 1 aromatic carbocycles. The van der Waals surface area contributed by atoms with Crippen molar-refractivity contribution in [3.63, 3.8) is 0 Å². The average molecular weight is 296 g/mol. The molecule has 3 rings (SSSR count). The van der Waals surface area contributed by atoms with E-state index in [1.807, 2.05) is 0 Å². The summed E-state index contributed by atoms with van der Waals surface area (Å²) in [5, 5.41) is 3.78. The highest BCUT2D eigenvalue weighted by molar-refractivity contribution is 7.91. The van der Waals surface area contributed by atoms with Gasteiger partial charge in [0, 0.05) is 5.92 Å². The second kappa shape index (κ2) is 4.97. The first-order valence-electron chi connectivity index (χ1n) is 6.34. The fraction of sp³-hybridized carbons (Fsp3) is 0.385. The molecular weight excluding hydrogens is 283 g/mol. The van der Waals surface area contributed by atoms with Crippen LogP contribution in [0.4, 0.5) is 4.39 Å². The summed E-state index contributed by atoms with van der Waals surface area (Å²) in [6, 6.07) is 6.20. The third-order valence-corrected chi connectivity index (χ3v) is 5.18. The quantitative estimate of drug-likeness (QED) is 0.849. The van der Waals surface area contributed by atoms with E-state index in [4.69, 9.17) is 4.52 Å². The lowest BCUT2D eigenvalue weighted by molar-refractivity contribution is 0.343. The summed E-state index contributed by atoms with van der Waals surface area (Å²) in [6.07, 6.45) is 0.947. The summed E-state index contributed by atoms with van der Waals surface area (Å²) in [5.74, 6) is 0.381. The number of sulfone groups is 1. The van der Waals surface area contributed by atoms with Crippen LogP contribution in [0.2, 0.25) is 0 Å². The van der Waals surface area contributed by atoms with Crippen molar-refractivity contribution in [3.05, 3.63) is 36.0 Å². The Labute approximate surface area is 115 Å². The maximum absolute atomic E-state index is 13.6. The van der Waals surface area contributed by atoms with Crippen LogP contribution in [0.3, 0.4) is 0 Å². The standard InChI is InChI=1S/C13H13FN2O3S/c14-11-4-2-1-3-10(11)12-15-13(19-16-12)9-5-7-20(17,18)8-6-9/h1-4,9H,5-8H2. The highest BCUT2D eigenvalue weighted by Gasteiger charge is 2.28. The molecule has 0 aliphatic carbocycles. The first-order valence-corrected chi connectivity index (χ1v) is 8.16. The smallest absolute Gasteiger partial charge is 0.230 e. The van der Waals surface area contributed by atoms with Gasteiger partial charge < -0.3 is 4.52 Å². The Morgan fingerprint density at radius 1 is 1.20 bits per heavy atom. The monoisotopic (exact) mass is 296 g/mol. The Morgan fingerprint density at radius 2 is 1.90 bits per heavy atom. The minimum Gasteiger partial charge on any atom is -0.339 e. The first kappa shape index (κ1) is 13.2. The van der Waals surface area contributed by atoms with Gasteiger partial charge in [-0.3, -0.25) is 0 Å². The largest absolute Gasteiger partial charge is 0.339 e. The third-order valence-electron chi connectivity index (χ3n) is 3.46. The van der Waals surface area contributed by atoms with Crippen LogP contribution in [0, 0.1) is 5.82 Å². The van der Waals surface area contributed by atoms with E-state index in [9.17, 15) is 12.8 Å². The Kier molecular flexibility index (Phi) is 3.29. The van der Waals surface area contributed by atoms with Gasteiger partial charge in [0.1, 0.15) is 15.7 Å². The summed E-state index contributed by atoms with van der Waals surface area (Å²) >= 11 is 0. The van der Waals surface area contributed by atoms with E-state index in [2.05, 4.69) is 10.1 Å². The van der Waals surface area contributed by atoms with Crippen LogP contribution < -0.4 is 0 Å². The molecule has 0 unspecified atom stereocenters. The van der Waals surface area contributed by atoms with Crippen LogP contribution in [0.5, 0.6) is 0 Å². The van der Waals surface area contributed by atoms with E-state index in [0.717, 1.165) is 0 Å². The lowest BCUT2D eigenvalue weighted by Gasteiger charge is -2.17. The summed E-state index contributed by atoms with van der Waals surface area (Å²) in [7, 11) is -2.93. The molecule has 2 aromatic rings. The fourth-order valence-corrected chi connectivity index (χ4v) is 3.78. The summed E-state index contributed by atoms with van der Waals surface area (Å²) < 4.78 is 41.6. The summed E-state index contributed by atoms with van der Waals surface area (Å²) in [4.78, 5) is 4.20. The SMILES string of the molecule is O=S1(=O)CCC(c2nc(-c3ccccc3F)no2)CC1. The number of nitrogens with zero attached hydrogens (tertiary/aromatic N) is 2. The van der Waals surface area contributed by atoms with Gasteiger partial charge in [0.2, 0.25) is 11.7 Å². The zero-order valence-electron chi connectivity index (χ0n) is 10.6. The van der Waals surface area contributed by atoms with E-state index >= 15 is 0 Å². The van der Waals surface area contributed by atoms with Crippen molar-refractivity contribution in [1.82, 2.24) is 10.1 Å². The van der Waals surface area contributed by atoms with E-state index in [-0.39, 0.29) is 28.8 Å². The molecule has 1 aromatic heterocycles. The van der Waals surface area contributed by atoms with Crippen molar-refractivity contribution in [3.8, 4) is 11.4 Å². The molecule has 0 bridgehead atoms. The third kappa shape index (κ3) is 2.58. The summed E-state index contributed by atoms with van der Waals surface area (Å²) in [5.41, 5.74) is 0.283. The van der Waals surface area contributed by atoms with Crippen LogP contribution in [0.15, 0.2) is 28.8 Å². The number of rotatable bonds is 2. The van der Waals surface area contributed by atoms with Gasteiger partial charge in [0.15, 0.2) is 0 Å². The molecule has 0 atom stereocenters. The molecule has 0 saturated carbocycles. The highest BCUT2D eigenvalue weighted by Crippen LogP contribution is 2.29. The number of hydrogen-bond acceptors (Lipinski definition) is 5. The van der Waals surface area contributed by atoms with Crippen LogP contribution in [0.1, 0.15) is 24.7 Å². The van der Waals surface area contributed by atoms with E-state index in [0.29, 0.717) is 18.7 Å². The summed E-state index contributed by atoms with van der Waals surface area (Å²) in [6.45, 7) is 0. The molecule has 0 N–H and O–H groups in total. The molecule has 1 aliphatic heterocycles. The Bertz CT molecular complexity index is 713. The van der Waals surface area contributed by atoms with Gasteiger partial charge in [-0.05, 0) is 25.0 Å². The molecular formula is C13H13FN2O3S. The number of halogens is 1. The Balaban J connectivity index is 1.83. The fourth-order valence-electron chi connectivity index (χ4n) is 2.29. The normalized spacial score (nSPS) is 19.1. The van der Waals surface area contributed by atoms with E-state index < -0.39 is 15.7 Å². The van der Waals surface area contributed by atoms with Gasteiger partial charge in [-0.25, -0.2) is 12.8 Å². The van der Waals surface area contributed by atoms with Crippen LogP contribution in [-0.4, -0.2) is 30.1 Å². The predicted molar refractivity (Wildman–Crippen MR) is 70.3 cm³/mol. The topological polar surface area (TPSA) is 73.1 Å². The van der Waals surface area contributed by atoms with Gasteiger partial charge in [0.25, 0.3) is 0 Å². The second-order valence-electron chi connectivity index (χ2n) is 4.86. The van der Waals surface area contributed by atoms with Crippen molar-refractivity contribution in [2.75, 3.05) is 11.5 Å². The minimum atomic E-state index is -2.93. The minimum absolute atomic E-state index is 0.0634. The second-order valence-corrected chi connectivity index (χ2v) is 7.17. The van der Waals surface area contributed by atoms with Gasteiger partial charge in [-0.2, -0.15) is 4.98 Å². The number of hydrogen-bond donors (Lipinski definition) is 0. The molecule has 0 radical (unpaired) electrons. The van der Waals surface area contributed by atoms with Crippen molar-refractivity contribution >= 4 is 9.84 Å². The zero-order chi connectivity index (χ0) is 14.2. The van der Waals surface area contributed by atoms with Crippen molar-refractivity contribution < 1.29 is 17.3 Å². The number of benzene rings is 1. The van der Waals surface area contributed by atoms with Crippen molar-refractivity contribution in [2.45, 2.75) is 18.8 Å². The van der Waals surface area contributed by atoms with E-state index in [1.54, 1.807) is 18.2 Å². The molecule has 5 nitrogen and oxygen atoms in total. The average Bonchev–Trinajstić information content (AvgIpc) is 2.88. The van der Waals surface area contributed by atoms with Crippen molar-refractivity contribution in [2.24, 2.45) is 0 Å². The van der Waals surface area contributed by atoms with Crippen LogP contribution in [0.25, 0.3) is 11.4 Å².